The lowest BCUT2D eigenvalue weighted by Crippen LogP contribution is -2.31. The first-order valence-electron chi connectivity index (χ1n) is 7.66. The van der Waals surface area contributed by atoms with Crippen LogP contribution >= 0.6 is 11.6 Å². The van der Waals surface area contributed by atoms with Gasteiger partial charge in [0.1, 0.15) is 6.54 Å². The van der Waals surface area contributed by atoms with Gasteiger partial charge in [-0.15, -0.1) is 0 Å². The lowest BCUT2D eigenvalue weighted by atomic mass is 10.1. The Labute approximate surface area is 153 Å². The lowest BCUT2D eigenvalue weighted by molar-refractivity contribution is -0.141. The number of benzene rings is 2. The average Bonchev–Trinajstić information content (AvgIpc) is 3.12. The van der Waals surface area contributed by atoms with Crippen LogP contribution in [0.5, 0.6) is 11.5 Å². The van der Waals surface area contributed by atoms with Crippen molar-refractivity contribution in [2.24, 2.45) is 0 Å². The van der Waals surface area contributed by atoms with Crippen LogP contribution in [-0.4, -0.2) is 37.6 Å². The quantitative estimate of drug-likeness (QED) is 0.615. The zero-order chi connectivity index (χ0) is 18.5. The number of rotatable bonds is 6. The van der Waals surface area contributed by atoms with Gasteiger partial charge < -0.3 is 19.5 Å². The van der Waals surface area contributed by atoms with Crippen LogP contribution in [0.4, 0.5) is 0 Å². The highest BCUT2D eigenvalue weighted by Gasteiger charge is 2.17. The zero-order valence-electron chi connectivity index (χ0n) is 13.5. The maximum absolute atomic E-state index is 12.1. The second-order valence-electron chi connectivity index (χ2n) is 5.31. The van der Waals surface area contributed by atoms with Crippen molar-refractivity contribution in [3.05, 3.63) is 58.6 Å². The van der Waals surface area contributed by atoms with E-state index in [9.17, 15) is 14.4 Å². The molecule has 1 aliphatic rings. The summed E-state index contributed by atoms with van der Waals surface area (Å²) in [5.41, 5.74) is 0.584. The molecule has 1 N–H and O–H groups in total. The molecule has 0 saturated heterocycles. The zero-order valence-corrected chi connectivity index (χ0v) is 14.2. The van der Waals surface area contributed by atoms with E-state index < -0.39 is 24.3 Å². The molecular weight excluding hydrogens is 362 g/mol. The molecule has 3 rings (SSSR count). The standard InChI is InChI=1S/C18H14ClNO6/c19-13-4-2-1-3-12(13)14(21)9-24-17(22)8-20-18(23)11-5-6-15-16(7-11)26-10-25-15/h1-7H,8-10H2,(H,20,23). The molecule has 7 nitrogen and oxygen atoms in total. The molecule has 0 aliphatic carbocycles. The number of carbonyl (C=O) groups is 3. The third kappa shape index (κ3) is 4.12. The summed E-state index contributed by atoms with van der Waals surface area (Å²) in [5, 5.41) is 2.70. The molecular formula is C18H14ClNO6. The fourth-order valence-electron chi connectivity index (χ4n) is 2.25. The highest BCUT2D eigenvalue weighted by Crippen LogP contribution is 2.32. The second kappa shape index (κ2) is 7.88. The molecule has 1 aliphatic heterocycles. The first kappa shape index (κ1) is 17.8. The number of esters is 1. The predicted octanol–water partition coefficient (Wildman–Crippen LogP) is 2.22. The molecule has 0 fully saturated rings. The van der Waals surface area contributed by atoms with Crippen LogP contribution in [0, 0.1) is 0 Å². The van der Waals surface area contributed by atoms with E-state index in [0.717, 1.165) is 0 Å². The molecule has 1 amide bonds. The van der Waals surface area contributed by atoms with Gasteiger partial charge in [0.05, 0.1) is 5.02 Å². The van der Waals surface area contributed by atoms with Crippen molar-refractivity contribution in [1.82, 2.24) is 5.32 Å². The lowest BCUT2D eigenvalue weighted by Gasteiger charge is -2.07. The van der Waals surface area contributed by atoms with E-state index >= 15 is 0 Å². The van der Waals surface area contributed by atoms with Gasteiger partial charge in [-0.3, -0.25) is 14.4 Å². The van der Waals surface area contributed by atoms with Gasteiger partial charge in [0, 0.05) is 11.1 Å². The number of ketones is 1. The molecule has 26 heavy (non-hydrogen) atoms. The molecule has 1 heterocycles. The van der Waals surface area contributed by atoms with Crippen molar-refractivity contribution >= 4 is 29.3 Å². The predicted molar refractivity (Wildman–Crippen MR) is 91.6 cm³/mol. The van der Waals surface area contributed by atoms with E-state index in [4.69, 9.17) is 25.8 Å². The summed E-state index contributed by atoms with van der Waals surface area (Å²) in [6.07, 6.45) is 0. The Bertz CT molecular complexity index is 867. The maximum Gasteiger partial charge on any atom is 0.325 e. The van der Waals surface area contributed by atoms with Gasteiger partial charge in [0.25, 0.3) is 5.91 Å². The van der Waals surface area contributed by atoms with Gasteiger partial charge in [0.15, 0.2) is 18.1 Å². The van der Waals surface area contributed by atoms with Crippen molar-refractivity contribution < 1.29 is 28.6 Å². The van der Waals surface area contributed by atoms with Gasteiger partial charge in [-0.2, -0.15) is 0 Å². The van der Waals surface area contributed by atoms with Crippen LogP contribution < -0.4 is 14.8 Å². The van der Waals surface area contributed by atoms with E-state index in [-0.39, 0.29) is 23.9 Å². The summed E-state index contributed by atoms with van der Waals surface area (Å²) in [7, 11) is 0. The van der Waals surface area contributed by atoms with Crippen molar-refractivity contribution in [2.75, 3.05) is 19.9 Å². The summed E-state index contributed by atoms with van der Waals surface area (Å²) < 4.78 is 15.2. The Morgan fingerprint density at radius 2 is 1.85 bits per heavy atom. The number of nitrogens with one attached hydrogen (secondary N) is 1. The smallest absolute Gasteiger partial charge is 0.325 e. The number of carbonyl (C=O) groups excluding carboxylic acids is 3. The highest BCUT2D eigenvalue weighted by molar-refractivity contribution is 6.34. The van der Waals surface area contributed by atoms with Crippen LogP contribution in [0.25, 0.3) is 0 Å². The molecule has 134 valence electrons. The molecule has 0 spiro atoms. The van der Waals surface area contributed by atoms with Gasteiger partial charge in [-0.05, 0) is 30.3 Å². The monoisotopic (exact) mass is 375 g/mol. The van der Waals surface area contributed by atoms with Crippen LogP contribution in [-0.2, 0) is 9.53 Å². The molecule has 0 aromatic heterocycles. The minimum absolute atomic E-state index is 0.103. The summed E-state index contributed by atoms with van der Waals surface area (Å²) in [6.45, 7) is -0.724. The van der Waals surface area contributed by atoms with Gasteiger partial charge in [0.2, 0.25) is 12.6 Å². The van der Waals surface area contributed by atoms with E-state index in [1.807, 2.05) is 0 Å². The highest BCUT2D eigenvalue weighted by atomic mass is 35.5. The number of fused-ring (bicyclic) bond motifs is 1. The molecule has 2 aromatic rings. The van der Waals surface area contributed by atoms with Crippen molar-refractivity contribution in [3.63, 3.8) is 0 Å². The summed E-state index contributed by atoms with van der Waals surface area (Å²) in [4.78, 5) is 35.7. The topological polar surface area (TPSA) is 90.9 Å². The van der Waals surface area contributed by atoms with Crippen molar-refractivity contribution in [3.8, 4) is 11.5 Å². The Hall–Kier alpha value is -3.06. The number of hydrogen-bond acceptors (Lipinski definition) is 6. The Morgan fingerprint density at radius 3 is 2.65 bits per heavy atom. The Kier molecular flexibility index (Phi) is 5.38. The van der Waals surface area contributed by atoms with Crippen LogP contribution in [0.3, 0.4) is 0 Å². The normalized spacial score (nSPS) is 11.7. The summed E-state index contributed by atoms with van der Waals surface area (Å²) in [5.74, 6) is -0.618. The second-order valence-corrected chi connectivity index (χ2v) is 5.72. The average molecular weight is 376 g/mol. The van der Waals surface area contributed by atoms with E-state index in [1.54, 1.807) is 36.4 Å². The fraction of sp³-hybridized carbons (Fsp3) is 0.167. The third-order valence-electron chi connectivity index (χ3n) is 3.57. The molecule has 8 heteroatoms. The van der Waals surface area contributed by atoms with Gasteiger partial charge >= 0.3 is 5.97 Å². The molecule has 0 bridgehead atoms. The summed E-state index contributed by atoms with van der Waals surface area (Å²) >= 11 is 5.91. The van der Waals surface area contributed by atoms with E-state index in [0.29, 0.717) is 17.1 Å². The Morgan fingerprint density at radius 1 is 1.08 bits per heavy atom. The first-order valence-corrected chi connectivity index (χ1v) is 8.03. The van der Waals surface area contributed by atoms with Gasteiger partial charge in [-0.1, -0.05) is 23.7 Å². The number of ether oxygens (including phenoxy) is 3. The summed E-state index contributed by atoms with van der Waals surface area (Å²) in [6, 6.07) is 11.1. The van der Waals surface area contributed by atoms with Crippen LogP contribution in [0.15, 0.2) is 42.5 Å². The van der Waals surface area contributed by atoms with Crippen molar-refractivity contribution in [2.45, 2.75) is 0 Å². The maximum atomic E-state index is 12.1. The first-order chi connectivity index (χ1) is 12.5. The molecule has 2 aromatic carbocycles. The molecule has 0 radical (unpaired) electrons. The largest absolute Gasteiger partial charge is 0.456 e. The van der Waals surface area contributed by atoms with E-state index in [1.165, 1.54) is 6.07 Å². The van der Waals surface area contributed by atoms with Crippen LogP contribution in [0.2, 0.25) is 5.02 Å². The van der Waals surface area contributed by atoms with Crippen molar-refractivity contribution in [1.29, 1.82) is 0 Å². The number of amides is 1. The number of Topliss-reactive ketones (excluding diaryl/α,β-unsaturated/α-hetero) is 1. The minimum Gasteiger partial charge on any atom is -0.456 e. The van der Waals surface area contributed by atoms with Crippen LogP contribution in [0.1, 0.15) is 20.7 Å². The number of hydrogen-bond donors (Lipinski definition) is 1. The molecule has 0 unspecified atom stereocenters. The Balaban J connectivity index is 1.47. The van der Waals surface area contributed by atoms with E-state index in [2.05, 4.69) is 5.32 Å². The molecule has 0 saturated carbocycles. The third-order valence-corrected chi connectivity index (χ3v) is 3.90. The van der Waals surface area contributed by atoms with Gasteiger partial charge in [-0.25, -0.2) is 0 Å². The minimum atomic E-state index is -0.737. The SMILES string of the molecule is O=C(CNC(=O)c1ccc2c(c1)OCO2)OCC(=O)c1ccccc1Cl. The number of halogens is 1. The molecule has 0 atom stereocenters. The fourth-order valence-corrected chi connectivity index (χ4v) is 2.50.